The molecular weight excluding hydrogens is 775 g/mol. The fourth-order valence-electron chi connectivity index (χ4n) is 7.96. The average molecular weight is 806 g/mol. The number of H-pyrrole nitrogens is 2. The quantitative estimate of drug-likeness (QED) is 0.142. The molecule has 274 valence electrons. The Balaban J connectivity index is 0.000000144. The van der Waals surface area contributed by atoms with Gasteiger partial charge < -0.3 is 20.2 Å². The van der Waals surface area contributed by atoms with E-state index in [-0.39, 0.29) is 28.2 Å². The Bertz CT molecular complexity index is 2930. The molecule has 6 nitrogen and oxygen atoms in total. The van der Waals surface area contributed by atoms with Crippen LogP contribution in [0.3, 0.4) is 0 Å². The van der Waals surface area contributed by atoms with Gasteiger partial charge in [0.2, 0.25) is 0 Å². The number of benzene rings is 4. The Kier molecular flexibility index (Phi) is 9.13. The summed E-state index contributed by atoms with van der Waals surface area (Å²) < 4.78 is 14.4. The van der Waals surface area contributed by atoms with E-state index < -0.39 is 11.4 Å². The van der Waals surface area contributed by atoms with Crippen LogP contribution in [0.4, 0.5) is 4.39 Å². The summed E-state index contributed by atoms with van der Waals surface area (Å²) in [5.41, 5.74) is 9.56. The van der Waals surface area contributed by atoms with Gasteiger partial charge in [-0.2, -0.15) is 0 Å². The Morgan fingerprint density at radius 2 is 0.945 bits per heavy atom. The Morgan fingerprint density at radius 1 is 0.527 bits per heavy atom. The van der Waals surface area contributed by atoms with Gasteiger partial charge in [-0.15, -0.1) is 22.7 Å². The number of halogens is 3. The van der Waals surface area contributed by atoms with E-state index in [1.54, 1.807) is 0 Å². The molecule has 10 rings (SSSR count). The van der Waals surface area contributed by atoms with Crippen LogP contribution in [0.15, 0.2) is 101 Å². The summed E-state index contributed by atoms with van der Waals surface area (Å²) in [5.74, 6) is -0.555. The van der Waals surface area contributed by atoms with E-state index in [1.807, 2.05) is 36.4 Å². The van der Waals surface area contributed by atoms with Crippen molar-refractivity contribution in [1.82, 2.24) is 9.97 Å². The van der Waals surface area contributed by atoms with Crippen molar-refractivity contribution in [3.8, 4) is 56.0 Å². The fraction of sp³-hybridized carbons (Fsp3) is 0.136. The van der Waals surface area contributed by atoms with Gasteiger partial charge in [0.25, 0.3) is 11.1 Å². The van der Waals surface area contributed by atoms with Crippen molar-refractivity contribution in [3.05, 3.63) is 148 Å². The molecule has 0 amide bonds. The smallest absolute Gasteiger partial charge is 0.260 e. The second-order valence-corrected chi connectivity index (χ2v) is 17.1. The van der Waals surface area contributed by atoms with Gasteiger partial charge in [0.1, 0.15) is 35.6 Å². The van der Waals surface area contributed by atoms with Crippen LogP contribution in [0.1, 0.15) is 35.1 Å². The topological polar surface area (TPSA) is 106 Å². The lowest BCUT2D eigenvalue weighted by atomic mass is 9.98. The second-order valence-electron chi connectivity index (χ2n) is 13.8. The number of nitrogens with one attached hydrogen (secondary N) is 2. The maximum absolute atomic E-state index is 13.3. The van der Waals surface area contributed by atoms with Crippen LogP contribution in [0.5, 0.6) is 11.5 Å². The van der Waals surface area contributed by atoms with Gasteiger partial charge in [0.15, 0.2) is 0 Å². The third kappa shape index (κ3) is 6.25. The first kappa shape index (κ1) is 35.5. The van der Waals surface area contributed by atoms with Crippen LogP contribution in [-0.4, -0.2) is 20.2 Å². The predicted octanol–water partition coefficient (Wildman–Crippen LogP) is 11.7. The molecule has 0 saturated carbocycles. The molecule has 2 aliphatic carbocycles. The molecule has 4 heterocycles. The molecule has 4 aromatic carbocycles. The van der Waals surface area contributed by atoms with Crippen molar-refractivity contribution in [1.29, 1.82) is 0 Å². The minimum absolute atomic E-state index is 0.0152. The molecule has 55 heavy (non-hydrogen) atoms. The van der Waals surface area contributed by atoms with Gasteiger partial charge >= 0.3 is 0 Å². The van der Waals surface area contributed by atoms with Crippen molar-refractivity contribution >= 4 is 66.3 Å². The van der Waals surface area contributed by atoms with Gasteiger partial charge in [-0.3, -0.25) is 9.59 Å². The number of thiophene rings is 2. The van der Waals surface area contributed by atoms with E-state index in [0.29, 0.717) is 45.8 Å². The van der Waals surface area contributed by atoms with Crippen molar-refractivity contribution in [2.24, 2.45) is 0 Å². The van der Waals surface area contributed by atoms with Crippen LogP contribution < -0.4 is 11.1 Å². The number of pyridine rings is 2. The molecule has 0 spiro atoms. The normalized spacial score (nSPS) is 13.2. The highest BCUT2D eigenvalue weighted by Gasteiger charge is 2.25. The summed E-state index contributed by atoms with van der Waals surface area (Å²) in [6, 6.07) is 27.3. The largest absolute Gasteiger partial charge is 0.506 e. The van der Waals surface area contributed by atoms with Crippen molar-refractivity contribution in [2.45, 2.75) is 38.5 Å². The number of aromatic hydroxyl groups is 2. The molecule has 0 aliphatic heterocycles. The number of hydrogen-bond donors (Lipinski definition) is 4. The van der Waals surface area contributed by atoms with Gasteiger partial charge in [0.05, 0.1) is 21.9 Å². The zero-order valence-corrected chi connectivity index (χ0v) is 32.2. The van der Waals surface area contributed by atoms with Gasteiger partial charge in [-0.25, -0.2) is 4.39 Å². The lowest BCUT2D eigenvalue weighted by molar-refractivity contribution is 0.482. The summed E-state index contributed by atoms with van der Waals surface area (Å²) in [7, 11) is 0. The third-order valence-electron chi connectivity index (χ3n) is 10.6. The summed E-state index contributed by atoms with van der Waals surface area (Å²) in [6.45, 7) is 0. The van der Waals surface area contributed by atoms with Gasteiger partial charge in [-0.05, 0) is 95.2 Å². The summed E-state index contributed by atoms with van der Waals surface area (Å²) in [6.07, 6.45) is 6.62. The molecule has 0 saturated heterocycles. The third-order valence-corrected chi connectivity index (χ3v) is 13.2. The minimum atomic E-state index is -0.435. The van der Waals surface area contributed by atoms with E-state index in [1.165, 1.54) is 75.6 Å². The minimum Gasteiger partial charge on any atom is -0.506 e. The number of hydrogen-bond acceptors (Lipinski definition) is 6. The molecule has 4 N–H and O–H groups in total. The Hall–Kier alpha value is -5.19. The number of rotatable bonds is 4. The van der Waals surface area contributed by atoms with Crippen LogP contribution in [0.2, 0.25) is 8.67 Å². The standard InChI is InChI=1S/C22H15ClFNO2S.C22H16ClNO2S/c23-20-16(14-5-4-11-2-1-3-13(11)10-14)18-19(26)17(21(27)25-22(18)28-20)12-6-8-15(24)9-7-12;23-20-16(15-10-9-12-7-4-8-14(12)11-15)18-19(25)17(13-5-2-1-3-6-13)21(26)24-22(18)27-20/h4-10H,1-3H2,(H2,25,26,27);1-3,5-6,9-11H,4,7-8H2,(H2,24,25,26). The molecule has 11 heteroatoms. The number of aryl methyl sites for hydroxylation is 4. The highest BCUT2D eigenvalue weighted by Crippen LogP contribution is 2.49. The van der Waals surface area contributed by atoms with Crippen molar-refractivity contribution < 1.29 is 14.6 Å². The first-order valence-electron chi connectivity index (χ1n) is 17.9. The fourth-order valence-corrected chi connectivity index (χ4v) is 10.7. The first-order chi connectivity index (χ1) is 26.7. The lowest BCUT2D eigenvalue weighted by Gasteiger charge is -2.09. The van der Waals surface area contributed by atoms with Crippen LogP contribution >= 0.6 is 45.9 Å². The maximum atomic E-state index is 13.3. The molecule has 0 bridgehead atoms. The van der Waals surface area contributed by atoms with Gasteiger partial charge in [0, 0.05) is 11.1 Å². The number of fused-ring (bicyclic) bond motifs is 4. The first-order valence-corrected chi connectivity index (χ1v) is 20.3. The SMILES string of the molecule is O=c1[nH]c2sc(Cl)c(-c3ccc4c(c3)CCC4)c2c(O)c1-c1ccc(F)cc1.O=c1[nH]c2sc(Cl)c(-c3ccc4c(c3)CCC4)c2c(O)c1-c1ccccc1. The zero-order chi connectivity index (χ0) is 38.0. The highest BCUT2D eigenvalue weighted by atomic mass is 35.5. The Morgan fingerprint density at radius 3 is 1.42 bits per heavy atom. The Labute approximate surface area is 332 Å². The molecule has 0 radical (unpaired) electrons. The summed E-state index contributed by atoms with van der Waals surface area (Å²) >= 11 is 15.6. The molecule has 0 atom stereocenters. The van der Waals surface area contributed by atoms with Crippen molar-refractivity contribution in [2.75, 3.05) is 0 Å². The maximum Gasteiger partial charge on any atom is 0.260 e. The average Bonchev–Trinajstić information content (AvgIpc) is 3.97. The van der Waals surface area contributed by atoms with E-state index in [2.05, 4.69) is 40.3 Å². The summed E-state index contributed by atoms with van der Waals surface area (Å²) in [4.78, 5) is 32.1. The number of aromatic amines is 2. The second kappa shape index (κ2) is 14.1. The molecular formula is C44H31Cl2FN2O4S2. The monoisotopic (exact) mass is 804 g/mol. The lowest BCUT2D eigenvalue weighted by Crippen LogP contribution is -2.08. The van der Waals surface area contributed by atoms with Crippen LogP contribution in [-0.2, 0) is 25.7 Å². The number of aromatic nitrogens is 2. The molecule has 4 aromatic heterocycles. The summed E-state index contributed by atoms with van der Waals surface area (Å²) in [5, 5.41) is 23.2. The highest BCUT2D eigenvalue weighted by molar-refractivity contribution is 7.23. The molecule has 0 unspecified atom stereocenters. The van der Waals surface area contributed by atoms with E-state index in [9.17, 15) is 24.2 Å². The van der Waals surface area contributed by atoms with Crippen LogP contribution in [0, 0.1) is 5.82 Å². The molecule has 8 aromatic rings. The zero-order valence-electron chi connectivity index (χ0n) is 29.1. The van der Waals surface area contributed by atoms with Crippen LogP contribution in [0.25, 0.3) is 64.9 Å². The van der Waals surface area contributed by atoms with E-state index in [4.69, 9.17) is 23.2 Å². The molecule has 2 aliphatic rings. The predicted molar refractivity (Wildman–Crippen MR) is 224 cm³/mol. The molecule has 0 fully saturated rings. The van der Waals surface area contributed by atoms with E-state index >= 15 is 0 Å². The van der Waals surface area contributed by atoms with Gasteiger partial charge in [-0.1, -0.05) is 102 Å². The van der Waals surface area contributed by atoms with Crippen molar-refractivity contribution in [3.63, 3.8) is 0 Å². The van der Waals surface area contributed by atoms with E-state index in [0.717, 1.165) is 48.8 Å².